The van der Waals surface area contributed by atoms with Crippen LogP contribution in [0, 0.1) is 5.92 Å². The zero-order valence-corrected chi connectivity index (χ0v) is 11.5. The van der Waals surface area contributed by atoms with E-state index in [-0.39, 0.29) is 0 Å². The second-order valence-corrected chi connectivity index (χ2v) is 5.79. The largest absolute Gasteiger partial charge is 0.328 e. The predicted octanol–water partition coefficient (Wildman–Crippen LogP) is 2.68. The molecule has 0 aromatic heterocycles. The third-order valence-electron chi connectivity index (χ3n) is 4.02. The maximum absolute atomic E-state index is 6.05. The summed E-state index contributed by atoms with van der Waals surface area (Å²) >= 11 is 0. The van der Waals surface area contributed by atoms with Gasteiger partial charge in [-0.2, -0.15) is 0 Å². The van der Waals surface area contributed by atoms with Gasteiger partial charge in [0, 0.05) is 19.1 Å². The van der Waals surface area contributed by atoms with Gasteiger partial charge in [-0.1, -0.05) is 36.8 Å². The van der Waals surface area contributed by atoms with Crippen molar-refractivity contribution >= 4 is 0 Å². The minimum atomic E-state index is 0.450. The van der Waals surface area contributed by atoms with Gasteiger partial charge in [-0.15, -0.1) is 0 Å². The molecule has 2 unspecified atom stereocenters. The summed E-state index contributed by atoms with van der Waals surface area (Å²) in [5, 5.41) is 0. The average Bonchev–Trinajstić information content (AvgIpc) is 2.38. The molecule has 1 aromatic rings. The zero-order chi connectivity index (χ0) is 12.8. The number of hydrogen-bond acceptors (Lipinski definition) is 2. The molecule has 2 N–H and O–H groups in total. The molecule has 100 valence electrons. The number of nitrogens with zero attached hydrogens (tertiary/aromatic N) is 1. The van der Waals surface area contributed by atoms with Crippen molar-refractivity contribution in [2.45, 2.75) is 38.1 Å². The number of benzene rings is 1. The lowest BCUT2D eigenvalue weighted by Crippen LogP contribution is -2.34. The van der Waals surface area contributed by atoms with Gasteiger partial charge in [-0.3, -0.25) is 0 Å². The summed E-state index contributed by atoms with van der Waals surface area (Å²) in [4.78, 5) is 2.47. The molecule has 0 saturated heterocycles. The van der Waals surface area contributed by atoms with Crippen LogP contribution in [0.15, 0.2) is 30.3 Å². The first kappa shape index (κ1) is 13.6. The van der Waals surface area contributed by atoms with Gasteiger partial charge in [0.25, 0.3) is 0 Å². The molecule has 1 aromatic carbocycles. The molecule has 2 heteroatoms. The van der Waals surface area contributed by atoms with Crippen LogP contribution in [0.2, 0.25) is 0 Å². The van der Waals surface area contributed by atoms with Gasteiger partial charge in [0.15, 0.2) is 0 Å². The Morgan fingerprint density at radius 1 is 1.22 bits per heavy atom. The summed E-state index contributed by atoms with van der Waals surface area (Å²) in [6, 6.07) is 11.2. The van der Waals surface area contributed by atoms with Crippen LogP contribution in [-0.2, 0) is 6.42 Å². The Morgan fingerprint density at radius 2 is 2.00 bits per heavy atom. The molecule has 1 aliphatic carbocycles. The zero-order valence-electron chi connectivity index (χ0n) is 11.5. The summed E-state index contributed by atoms with van der Waals surface area (Å²) in [5.41, 5.74) is 7.48. The van der Waals surface area contributed by atoms with Crippen LogP contribution in [0.1, 0.15) is 31.2 Å². The van der Waals surface area contributed by atoms with Gasteiger partial charge >= 0.3 is 0 Å². The van der Waals surface area contributed by atoms with Crippen molar-refractivity contribution in [3.63, 3.8) is 0 Å². The molecule has 0 spiro atoms. The van der Waals surface area contributed by atoms with Crippen LogP contribution in [0.4, 0.5) is 0 Å². The summed E-state index contributed by atoms with van der Waals surface area (Å²) in [5.74, 6) is 0.814. The first-order chi connectivity index (χ1) is 8.74. The Labute approximate surface area is 111 Å². The normalized spacial score (nSPS) is 24.4. The Hall–Kier alpha value is -0.860. The van der Waals surface area contributed by atoms with Gasteiger partial charge in [0.05, 0.1) is 0 Å². The highest BCUT2D eigenvalue weighted by Gasteiger charge is 2.20. The topological polar surface area (TPSA) is 29.3 Å². The smallest absolute Gasteiger partial charge is 0.00419 e. The van der Waals surface area contributed by atoms with E-state index in [0.717, 1.165) is 18.9 Å². The predicted molar refractivity (Wildman–Crippen MR) is 77.6 cm³/mol. The fourth-order valence-electron chi connectivity index (χ4n) is 3.00. The first-order valence-electron chi connectivity index (χ1n) is 7.22. The third-order valence-corrected chi connectivity index (χ3v) is 4.02. The van der Waals surface area contributed by atoms with Gasteiger partial charge in [-0.25, -0.2) is 0 Å². The number of nitrogens with two attached hydrogens (primary N) is 1. The van der Waals surface area contributed by atoms with Crippen LogP contribution in [-0.4, -0.2) is 31.1 Å². The number of hydrogen-bond donors (Lipinski definition) is 1. The molecular formula is C16H26N2. The molecule has 0 aliphatic heterocycles. The lowest BCUT2D eigenvalue weighted by molar-refractivity contribution is 0.223. The fraction of sp³-hybridized carbons (Fsp3) is 0.625. The summed E-state index contributed by atoms with van der Waals surface area (Å²) < 4.78 is 0. The van der Waals surface area contributed by atoms with Crippen molar-refractivity contribution in [1.29, 1.82) is 0 Å². The Bertz CT molecular complexity index is 336. The Balaban J connectivity index is 1.70. The van der Waals surface area contributed by atoms with Gasteiger partial charge in [0.1, 0.15) is 0 Å². The average molecular weight is 246 g/mol. The van der Waals surface area contributed by atoms with Crippen molar-refractivity contribution in [2.24, 2.45) is 11.7 Å². The summed E-state index contributed by atoms with van der Waals surface area (Å²) in [7, 11) is 2.24. The van der Waals surface area contributed by atoms with Crippen LogP contribution in [0.3, 0.4) is 0 Å². The van der Waals surface area contributed by atoms with E-state index in [1.54, 1.807) is 0 Å². The quantitative estimate of drug-likeness (QED) is 0.865. The van der Waals surface area contributed by atoms with Crippen LogP contribution >= 0.6 is 0 Å². The van der Waals surface area contributed by atoms with Crippen molar-refractivity contribution in [3.8, 4) is 0 Å². The minimum absolute atomic E-state index is 0.450. The second-order valence-electron chi connectivity index (χ2n) is 5.79. The Morgan fingerprint density at radius 3 is 2.72 bits per heavy atom. The van der Waals surface area contributed by atoms with E-state index in [2.05, 4.69) is 42.3 Å². The van der Waals surface area contributed by atoms with Gasteiger partial charge in [0.2, 0.25) is 0 Å². The Kier molecular flexibility index (Phi) is 5.21. The second kappa shape index (κ2) is 6.91. The van der Waals surface area contributed by atoms with Crippen molar-refractivity contribution < 1.29 is 0 Å². The van der Waals surface area contributed by atoms with Gasteiger partial charge < -0.3 is 10.6 Å². The molecule has 0 heterocycles. The maximum Gasteiger partial charge on any atom is 0.00419 e. The lowest BCUT2D eigenvalue weighted by Gasteiger charge is -2.30. The molecule has 0 amide bonds. The molecule has 0 radical (unpaired) electrons. The van der Waals surface area contributed by atoms with Crippen LogP contribution in [0.5, 0.6) is 0 Å². The van der Waals surface area contributed by atoms with Crippen molar-refractivity contribution in [3.05, 3.63) is 35.9 Å². The molecule has 1 fully saturated rings. The third kappa shape index (κ3) is 4.43. The fourth-order valence-corrected chi connectivity index (χ4v) is 3.00. The van der Waals surface area contributed by atoms with E-state index in [1.165, 1.54) is 37.8 Å². The molecule has 1 saturated carbocycles. The molecule has 2 nitrogen and oxygen atoms in total. The summed E-state index contributed by atoms with van der Waals surface area (Å²) in [6.45, 7) is 2.36. The van der Waals surface area contributed by atoms with Crippen molar-refractivity contribution in [2.75, 3.05) is 20.1 Å². The van der Waals surface area contributed by atoms with E-state index >= 15 is 0 Å². The molecule has 18 heavy (non-hydrogen) atoms. The number of likely N-dealkylation sites (N-methyl/N-ethyl adjacent to an activating group) is 1. The standard InChI is InChI=1S/C16H26N2/c1-18(11-10-14-6-3-2-4-7-14)13-15-8-5-9-16(17)12-15/h2-4,6-7,15-16H,5,8-13,17H2,1H3. The highest BCUT2D eigenvalue weighted by molar-refractivity contribution is 5.14. The molecule has 2 rings (SSSR count). The minimum Gasteiger partial charge on any atom is -0.328 e. The van der Waals surface area contributed by atoms with E-state index < -0.39 is 0 Å². The van der Waals surface area contributed by atoms with Gasteiger partial charge in [-0.05, 0) is 44.2 Å². The molecule has 0 bridgehead atoms. The van der Waals surface area contributed by atoms with E-state index in [0.29, 0.717) is 6.04 Å². The highest BCUT2D eigenvalue weighted by atomic mass is 15.1. The number of rotatable bonds is 5. The van der Waals surface area contributed by atoms with Crippen LogP contribution < -0.4 is 5.73 Å². The maximum atomic E-state index is 6.05. The SMILES string of the molecule is CN(CCc1ccccc1)CC1CCCC(N)C1. The molecular weight excluding hydrogens is 220 g/mol. The molecule has 1 aliphatic rings. The van der Waals surface area contributed by atoms with Crippen molar-refractivity contribution in [1.82, 2.24) is 4.90 Å². The van der Waals surface area contributed by atoms with E-state index in [4.69, 9.17) is 5.73 Å². The highest BCUT2D eigenvalue weighted by Crippen LogP contribution is 2.23. The lowest BCUT2D eigenvalue weighted by atomic mass is 9.86. The monoisotopic (exact) mass is 246 g/mol. The molecule has 2 atom stereocenters. The van der Waals surface area contributed by atoms with E-state index in [9.17, 15) is 0 Å². The first-order valence-corrected chi connectivity index (χ1v) is 7.22. The van der Waals surface area contributed by atoms with E-state index in [1.807, 2.05) is 0 Å². The summed E-state index contributed by atoms with van der Waals surface area (Å²) in [6.07, 6.45) is 6.28. The van der Waals surface area contributed by atoms with Crippen LogP contribution in [0.25, 0.3) is 0 Å².